The van der Waals surface area contributed by atoms with Crippen molar-refractivity contribution in [3.8, 4) is 0 Å². The van der Waals surface area contributed by atoms with Gasteiger partial charge in [-0.3, -0.25) is 4.31 Å². The van der Waals surface area contributed by atoms with Crippen LogP contribution in [0.1, 0.15) is 5.56 Å². The predicted molar refractivity (Wildman–Crippen MR) is 80.4 cm³/mol. The first-order valence-electron chi connectivity index (χ1n) is 6.02. The minimum atomic E-state index is -3.79. The van der Waals surface area contributed by atoms with Crippen LogP contribution in [0.15, 0.2) is 44.8 Å². The first-order chi connectivity index (χ1) is 9.80. The Morgan fingerprint density at radius 3 is 2.52 bits per heavy atom. The molecule has 2 heterocycles. The molecule has 0 spiro atoms. The first kappa shape index (κ1) is 14.5. The van der Waals surface area contributed by atoms with Gasteiger partial charge in [0, 0.05) is 6.54 Å². The zero-order chi connectivity index (χ0) is 15.3. The summed E-state index contributed by atoms with van der Waals surface area (Å²) in [6, 6.07) is 7.49. The maximum Gasteiger partial charge on any atom is 0.273 e. The highest BCUT2D eigenvalue weighted by Gasteiger charge is 2.32. The number of fused-ring (bicyclic) bond motifs is 1. The lowest BCUT2D eigenvalue weighted by molar-refractivity contribution is 0.594. The summed E-state index contributed by atoms with van der Waals surface area (Å²) in [5.41, 5.74) is 1.18. The van der Waals surface area contributed by atoms with Crippen LogP contribution in [0.25, 0.3) is 0 Å². The largest absolute Gasteiger partial charge is 0.273 e. The second kappa shape index (κ2) is 4.80. The maximum absolute atomic E-state index is 12.5. The lowest BCUT2D eigenvalue weighted by Crippen LogP contribution is -2.28. The molecule has 1 aromatic heterocycles. The molecule has 0 saturated carbocycles. The van der Waals surface area contributed by atoms with Gasteiger partial charge in [-0.1, -0.05) is 6.07 Å². The van der Waals surface area contributed by atoms with Gasteiger partial charge in [0.1, 0.15) is 4.21 Å². The molecule has 0 unspecified atom stereocenters. The molecule has 3 rings (SSSR count). The van der Waals surface area contributed by atoms with E-state index in [2.05, 4.69) is 0 Å². The van der Waals surface area contributed by atoms with Crippen LogP contribution in [-0.2, 0) is 26.5 Å². The van der Waals surface area contributed by atoms with Crippen molar-refractivity contribution in [3.05, 3.63) is 41.3 Å². The van der Waals surface area contributed by atoms with E-state index in [0.717, 1.165) is 11.3 Å². The van der Waals surface area contributed by atoms with E-state index in [1.807, 2.05) is 0 Å². The molecule has 0 saturated heterocycles. The molecule has 0 amide bonds. The van der Waals surface area contributed by atoms with Crippen molar-refractivity contribution in [1.82, 2.24) is 0 Å². The van der Waals surface area contributed by atoms with E-state index < -0.39 is 20.0 Å². The molecule has 1 aromatic carbocycles. The van der Waals surface area contributed by atoms with Gasteiger partial charge in [0.25, 0.3) is 10.0 Å². The minimum absolute atomic E-state index is 0.00313. The number of thiophene rings is 1. The molecule has 9 heteroatoms. The van der Waals surface area contributed by atoms with E-state index in [1.165, 1.54) is 22.5 Å². The standard InChI is InChI=1S/C12H12N2O4S3/c13-20(15,16)10-3-4-11-9(8-10)5-6-14(11)21(17,18)12-2-1-7-19-12/h1-4,7-8H,5-6H2,(H2,13,15,16). The van der Waals surface area contributed by atoms with Gasteiger partial charge in [-0.25, -0.2) is 22.0 Å². The third kappa shape index (κ3) is 2.46. The number of nitrogens with zero attached hydrogens (tertiary/aromatic N) is 1. The molecule has 112 valence electrons. The van der Waals surface area contributed by atoms with Gasteiger partial charge in [-0.2, -0.15) is 0 Å². The Morgan fingerprint density at radius 2 is 1.90 bits per heavy atom. The second-order valence-electron chi connectivity index (χ2n) is 4.59. The van der Waals surface area contributed by atoms with E-state index in [-0.39, 0.29) is 9.10 Å². The SMILES string of the molecule is NS(=O)(=O)c1ccc2c(c1)CCN2S(=O)(=O)c1cccs1. The molecule has 2 N–H and O–H groups in total. The summed E-state index contributed by atoms with van der Waals surface area (Å²) in [5.74, 6) is 0. The number of anilines is 1. The van der Waals surface area contributed by atoms with Crippen molar-refractivity contribution >= 4 is 37.1 Å². The van der Waals surface area contributed by atoms with Crippen LogP contribution in [0, 0.1) is 0 Å². The number of hydrogen-bond donors (Lipinski definition) is 1. The average molecular weight is 344 g/mol. The van der Waals surface area contributed by atoms with Crippen molar-refractivity contribution in [1.29, 1.82) is 0 Å². The molecule has 2 aromatic rings. The molecule has 0 atom stereocenters. The van der Waals surface area contributed by atoms with E-state index in [0.29, 0.717) is 24.2 Å². The quantitative estimate of drug-likeness (QED) is 0.903. The lowest BCUT2D eigenvalue weighted by Gasteiger charge is -2.18. The maximum atomic E-state index is 12.5. The molecular weight excluding hydrogens is 332 g/mol. The fraction of sp³-hybridized carbons (Fsp3) is 0.167. The zero-order valence-corrected chi connectivity index (χ0v) is 13.2. The Kier molecular flexibility index (Phi) is 3.32. The second-order valence-corrected chi connectivity index (χ2v) is 9.19. The van der Waals surface area contributed by atoms with Crippen LogP contribution in [0.5, 0.6) is 0 Å². The van der Waals surface area contributed by atoms with Gasteiger partial charge in [0.05, 0.1) is 10.6 Å². The van der Waals surface area contributed by atoms with Crippen LogP contribution in [0.4, 0.5) is 5.69 Å². The normalized spacial score (nSPS) is 15.2. The topological polar surface area (TPSA) is 97.5 Å². The number of sulfonamides is 2. The molecule has 0 fully saturated rings. The van der Waals surface area contributed by atoms with E-state index in [9.17, 15) is 16.8 Å². The summed E-state index contributed by atoms with van der Waals surface area (Å²) in [7, 11) is -7.37. The van der Waals surface area contributed by atoms with Crippen molar-refractivity contribution in [3.63, 3.8) is 0 Å². The van der Waals surface area contributed by atoms with Gasteiger partial charge in [0.2, 0.25) is 10.0 Å². The van der Waals surface area contributed by atoms with Gasteiger partial charge in [0.15, 0.2) is 0 Å². The van der Waals surface area contributed by atoms with Crippen molar-refractivity contribution < 1.29 is 16.8 Å². The van der Waals surface area contributed by atoms with Gasteiger partial charge in [-0.05, 0) is 41.6 Å². The summed E-state index contributed by atoms with van der Waals surface area (Å²) in [5, 5.41) is 6.79. The molecule has 1 aliphatic rings. The van der Waals surface area contributed by atoms with Crippen molar-refractivity contribution in [2.24, 2.45) is 5.14 Å². The van der Waals surface area contributed by atoms with E-state index in [1.54, 1.807) is 17.5 Å². The minimum Gasteiger partial charge on any atom is -0.265 e. The Labute approximate surface area is 126 Å². The number of hydrogen-bond acceptors (Lipinski definition) is 5. The monoisotopic (exact) mass is 344 g/mol. The smallest absolute Gasteiger partial charge is 0.265 e. The summed E-state index contributed by atoms with van der Waals surface area (Å²) in [4.78, 5) is -0.00313. The summed E-state index contributed by atoms with van der Waals surface area (Å²) in [6.07, 6.45) is 0.462. The fourth-order valence-corrected chi connectivity index (χ4v) is 5.47. The van der Waals surface area contributed by atoms with Crippen molar-refractivity contribution in [2.45, 2.75) is 15.5 Å². The van der Waals surface area contributed by atoms with Crippen LogP contribution >= 0.6 is 11.3 Å². The third-order valence-corrected chi connectivity index (χ3v) is 7.37. The van der Waals surface area contributed by atoms with Crippen molar-refractivity contribution in [2.75, 3.05) is 10.8 Å². The third-order valence-electron chi connectivity index (χ3n) is 3.27. The van der Waals surface area contributed by atoms with Gasteiger partial charge < -0.3 is 0 Å². The number of rotatable bonds is 3. The summed E-state index contributed by atoms with van der Waals surface area (Å²) in [6.45, 7) is 0.295. The van der Waals surface area contributed by atoms with Crippen LogP contribution < -0.4 is 9.44 Å². The van der Waals surface area contributed by atoms with Crippen LogP contribution in [0.3, 0.4) is 0 Å². The van der Waals surface area contributed by atoms with E-state index in [4.69, 9.17) is 5.14 Å². The highest BCUT2D eigenvalue weighted by atomic mass is 32.2. The predicted octanol–water partition coefficient (Wildman–Crippen LogP) is 1.15. The van der Waals surface area contributed by atoms with Gasteiger partial charge in [-0.15, -0.1) is 11.3 Å². The van der Waals surface area contributed by atoms with Gasteiger partial charge >= 0.3 is 0 Å². The Balaban J connectivity index is 2.06. The zero-order valence-electron chi connectivity index (χ0n) is 10.8. The molecule has 0 radical (unpaired) electrons. The molecule has 0 aliphatic carbocycles. The molecule has 6 nitrogen and oxygen atoms in total. The number of primary sulfonamides is 1. The average Bonchev–Trinajstić information content (AvgIpc) is 3.07. The molecule has 0 bridgehead atoms. The molecule has 1 aliphatic heterocycles. The lowest BCUT2D eigenvalue weighted by atomic mass is 10.2. The molecule has 21 heavy (non-hydrogen) atoms. The van der Waals surface area contributed by atoms with Crippen LogP contribution in [-0.4, -0.2) is 23.4 Å². The molecular formula is C12H12N2O4S3. The Bertz CT molecular complexity index is 887. The number of nitrogens with two attached hydrogens (primary N) is 1. The summed E-state index contributed by atoms with van der Waals surface area (Å²) < 4.78 is 49.3. The Hall–Kier alpha value is -1.42. The highest BCUT2D eigenvalue weighted by molar-refractivity contribution is 7.94. The van der Waals surface area contributed by atoms with Crippen LogP contribution in [0.2, 0.25) is 0 Å². The fourth-order valence-electron chi connectivity index (χ4n) is 2.29. The first-order valence-corrected chi connectivity index (χ1v) is 9.89. The highest BCUT2D eigenvalue weighted by Crippen LogP contribution is 2.35. The Morgan fingerprint density at radius 1 is 1.14 bits per heavy atom. The summed E-state index contributed by atoms with van der Waals surface area (Å²) >= 11 is 1.15. The van der Waals surface area contributed by atoms with E-state index >= 15 is 0 Å². The number of benzene rings is 1.